The number of amides is 4. The molecule has 112 valence electrons. The summed E-state index contributed by atoms with van der Waals surface area (Å²) in [6.07, 6.45) is 1.67. The van der Waals surface area contributed by atoms with Gasteiger partial charge in [-0.25, -0.2) is 9.59 Å². The summed E-state index contributed by atoms with van der Waals surface area (Å²) in [6, 6.07) is -0.158. The molecule has 6 heteroatoms. The Balaban J connectivity index is 3.46. The topological polar surface area (TPSA) is 82.3 Å². The molecule has 0 bridgehead atoms. The summed E-state index contributed by atoms with van der Waals surface area (Å²) in [7, 11) is 0. The van der Waals surface area contributed by atoms with E-state index in [0.29, 0.717) is 13.1 Å². The van der Waals surface area contributed by atoms with Crippen molar-refractivity contribution in [2.24, 2.45) is 0 Å². The third-order valence-corrected chi connectivity index (χ3v) is 2.08. The van der Waals surface area contributed by atoms with Gasteiger partial charge in [0.15, 0.2) is 0 Å². The maximum absolute atomic E-state index is 11.4. The van der Waals surface area contributed by atoms with Crippen LogP contribution >= 0.6 is 0 Å². The van der Waals surface area contributed by atoms with Gasteiger partial charge in [-0.1, -0.05) is 0 Å². The molecule has 0 aliphatic carbocycles. The molecular weight excluding hydrogens is 244 g/mol. The molecule has 6 nitrogen and oxygen atoms in total. The van der Waals surface area contributed by atoms with Gasteiger partial charge in [-0.3, -0.25) is 0 Å². The first kappa shape index (κ1) is 17.5. The largest absolute Gasteiger partial charge is 0.338 e. The van der Waals surface area contributed by atoms with Crippen molar-refractivity contribution in [3.63, 3.8) is 0 Å². The third-order valence-electron chi connectivity index (χ3n) is 2.08. The average Bonchev–Trinajstić information content (AvgIpc) is 2.19. The van der Waals surface area contributed by atoms with Gasteiger partial charge in [-0.2, -0.15) is 0 Å². The highest BCUT2D eigenvalue weighted by atomic mass is 16.2. The fourth-order valence-electron chi connectivity index (χ4n) is 1.35. The molecule has 0 radical (unpaired) electrons. The first-order chi connectivity index (χ1) is 8.70. The van der Waals surface area contributed by atoms with Crippen LogP contribution in [0.4, 0.5) is 9.59 Å². The van der Waals surface area contributed by atoms with E-state index >= 15 is 0 Å². The Labute approximate surface area is 116 Å². The van der Waals surface area contributed by atoms with Crippen molar-refractivity contribution in [3.05, 3.63) is 0 Å². The van der Waals surface area contributed by atoms with Gasteiger partial charge in [0.05, 0.1) is 0 Å². The van der Waals surface area contributed by atoms with Crippen LogP contribution in [0.15, 0.2) is 0 Å². The lowest BCUT2D eigenvalue weighted by Crippen LogP contribution is -2.46. The third kappa shape index (κ3) is 12.8. The van der Waals surface area contributed by atoms with Gasteiger partial charge in [0, 0.05) is 24.7 Å². The number of hydrogen-bond acceptors (Lipinski definition) is 2. The lowest BCUT2D eigenvalue weighted by Gasteiger charge is -2.20. The second-order valence-electron chi connectivity index (χ2n) is 5.89. The molecule has 0 fully saturated rings. The second kappa shape index (κ2) is 8.61. The van der Waals surface area contributed by atoms with Crippen molar-refractivity contribution in [3.8, 4) is 0 Å². The summed E-state index contributed by atoms with van der Waals surface area (Å²) in [6.45, 7) is 10.8. The van der Waals surface area contributed by atoms with Crippen molar-refractivity contribution >= 4 is 12.1 Å². The molecule has 0 aromatic rings. The second-order valence-corrected chi connectivity index (χ2v) is 5.89. The maximum atomic E-state index is 11.4. The molecule has 0 aliphatic heterocycles. The summed E-state index contributed by atoms with van der Waals surface area (Å²) < 4.78 is 0. The molecule has 0 aromatic carbocycles. The van der Waals surface area contributed by atoms with E-state index < -0.39 is 0 Å². The lowest BCUT2D eigenvalue weighted by molar-refractivity contribution is 0.231. The van der Waals surface area contributed by atoms with E-state index in [1.807, 2.05) is 34.6 Å². The minimum Gasteiger partial charge on any atom is -0.338 e. The fourth-order valence-corrected chi connectivity index (χ4v) is 1.35. The Bertz CT molecular complexity index is 285. The summed E-state index contributed by atoms with van der Waals surface area (Å²) >= 11 is 0. The van der Waals surface area contributed by atoms with Gasteiger partial charge >= 0.3 is 12.1 Å². The van der Waals surface area contributed by atoms with E-state index in [4.69, 9.17) is 0 Å². The van der Waals surface area contributed by atoms with Crippen LogP contribution in [0.3, 0.4) is 0 Å². The number of carbonyl (C=O) groups excluding carboxylic acids is 2. The van der Waals surface area contributed by atoms with Crippen molar-refractivity contribution < 1.29 is 9.59 Å². The van der Waals surface area contributed by atoms with E-state index in [1.54, 1.807) is 0 Å². The molecule has 0 rings (SSSR count). The Morgan fingerprint density at radius 1 is 0.947 bits per heavy atom. The van der Waals surface area contributed by atoms with Crippen LogP contribution < -0.4 is 21.3 Å². The van der Waals surface area contributed by atoms with Gasteiger partial charge in [-0.15, -0.1) is 0 Å². The van der Waals surface area contributed by atoms with Crippen LogP contribution in [-0.4, -0.2) is 36.7 Å². The highest BCUT2D eigenvalue weighted by Crippen LogP contribution is 1.97. The predicted octanol–water partition coefficient (Wildman–Crippen LogP) is 1.57. The number of urea groups is 2. The van der Waals surface area contributed by atoms with E-state index in [1.165, 1.54) is 0 Å². The molecule has 0 aromatic heterocycles. The minimum absolute atomic E-state index is 0.141. The Kier molecular flexibility index (Phi) is 7.95. The van der Waals surface area contributed by atoms with E-state index in [2.05, 4.69) is 21.3 Å². The van der Waals surface area contributed by atoms with Crippen LogP contribution in [0.5, 0.6) is 0 Å². The standard InChI is InChI=1S/C13H28N4O2/c1-10(2)16-11(18)14-8-6-7-9-15-12(19)17-13(3,4)5/h10H,6-9H2,1-5H3,(H2,14,16,18)(H2,15,17,19). The van der Waals surface area contributed by atoms with Gasteiger partial charge < -0.3 is 21.3 Å². The summed E-state index contributed by atoms with van der Waals surface area (Å²) in [5.74, 6) is 0. The number of nitrogens with one attached hydrogen (secondary N) is 4. The normalized spacial score (nSPS) is 11.1. The highest BCUT2D eigenvalue weighted by molar-refractivity contribution is 5.74. The van der Waals surface area contributed by atoms with E-state index in [-0.39, 0.29) is 23.6 Å². The molecule has 19 heavy (non-hydrogen) atoms. The lowest BCUT2D eigenvalue weighted by atomic mass is 10.1. The maximum Gasteiger partial charge on any atom is 0.315 e. The molecule has 0 atom stereocenters. The number of rotatable bonds is 6. The van der Waals surface area contributed by atoms with E-state index in [9.17, 15) is 9.59 Å². The quantitative estimate of drug-likeness (QED) is 0.554. The SMILES string of the molecule is CC(C)NC(=O)NCCCCNC(=O)NC(C)(C)C. The Morgan fingerprint density at radius 3 is 1.84 bits per heavy atom. The molecule has 0 saturated carbocycles. The first-order valence-corrected chi connectivity index (χ1v) is 6.81. The first-order valence-electron chi connectivity index (χ1n) is 6.81. The molecule has 4 amide bonds. The molecule has 0 heterocycles. The van der Waals surface area contributed by atoms with Crippen LogP contribution in [0.1, 0.15) is 47.5 Å². The minimum atomic E-state index is -0.222. The average molecular weight is 272 g/mol. The molecule has 0 saturated heterocycles. The molecule has 4 N–H and O–H groups in total. The van der Waals surface area contributed by atoms with Crippen LogP contribution in [-0.2, 0) is 0 Å². The van der Waals surface area contributed by atoms with Gasteiger partial charge in [0.1, 0.15) is 0 Å². The highest BCUT2D eigenvalue weighted by Gasteiger charge is 2.12. The van der Waals surface area contributed by atoms with Crippen molar-refractivity contribution in [2.75, 3.05) is 13.1 Å². The number of unbranched alkanes of at least 4 members (excludes halogenated alkanes) is 1. The zero-order chi connectivity index (χ0) is 14.9. The molecular formula is C13H28N4O2. The van der Waals surface area contributed by atoms with E-state index in [0.717, 1.165) is 12.8 Å². The zero-order valence-corrected chi connectivity index (χ0v) is 12.7. The summed E-state index contributed by atoms with van der Waals surface area (Å²) in [4.78, 5) is 22.7. The predicted molar refractivity (Wildman–Crippen MR) is 77.2 cm³/mol. The summed E-state index contributed by atoms with van der Waals surface area (Å²) in [5.41, 5.74) is -0.222. The van der Waals surface area contributed by atoms with Crippen molar-refractivity contribution in [1.82, 2.24) is 21.3 Å². The Hall–Kier alpha value is -1.46. The molecule has 0 unspecified atom stereocenters. The van der Waals surface area contributed by atoms with Crippen LogP contribution in [0.2, 0.25) is 0 Å². The van der Waals surface area contributed by atoms with Crippen molar-refractivity contribution in [2.45, 2.75) is 59.0 Å². The molecule has 0 spiro atoms. The zero-order valence-electron chi connectivity index (χ0n) is 12.7. The van der Waals surface area contributed by atoms with Gasteiger partial charge in [0.2, 0.25) is 0 Å². The monoisotopic (exact) mass is 272 g/mol. The van der Waals surface area contributed by atoms with Gasteiger partial charge in [0.25, 0.3) is 0 Å². The van der Waals surface area contributed by atoms with Crippen LogP contribution in [0, 0.1) is 0 Å². The Morgan fingerprint density at radius 2 is 1.42 bits per heavy atom. The van der Waals surface area contributed by atoms with Gasteiger partial charge in [-0.05, 0) is 47.5 Å². The van der Waals surface area contributed by atoms with Crippen LogP contribution in [0.25, 0.3) is 0 Å². The fraction of sp³-hybridized carbons (Fsp3) is 0.846. The van der Waals surface area contributed by atoms with Crippen molar-refractivity contribution in [1.29, 1.82) is 0 Å². The summed E-state index contributed by atoms with van der Waals surface area (Å²) in [5, 5.41) is 11.1. The smallest absolute Gasteiger partial charge is 0.315 e. The molecule has 0 aliphatic rings. The number of carbonyl (C=O) groups is 2. The number of hydrogen-bond donors (Lipinski definition) is 4.